The Morgan fingerprint density at radius 3 is 1.52 bits per heavy atom. The first-order chi connectivity index (χ1) is 14.9. The normalized spacial score (nSPS) is 39.9. The zero-order valence-corrected chi connectivity index (χ0v) is 17.1. The minimum absolute atomic E-state index is 0.0732. The number of nitrogens with zero attached hydrogens (tertiary/aromatic N) is 1. The third kappa shape index (κ3) is 3.54. The molecule has 4 fully saturated rings. The van der Waals surface area contributed by atoms with E-state index in [0.29, 0.717) is 6.54 Å². The summed E-state index contributed by atoms with van der Waals surface area (Å²) in [6.07, 6.45) is 10.2. The van der Waals surface area contributed by atoms with E-state index in [-0.39, 0.29) is 90.9 Å². The van der Waals surface area contributed by atoms with Crippen LogP contribution in [0.15, 0.2) is 24.3 Å². The van der Waals surface area contributed by atoms with Crippen LogP contribution in [0, 0.1) is 47.3 Å². The molecule has 4 bridgehead atoms. The van der Waals surface area contributed by atoms with Crippen LogP contribution < -0.4 is 5.73 Å². The van der Waals surface area contributed by atoms with Gasteiger partial charge in [0.15, 0.2) is 0 Å². The maximum Gasteiger partial charge on any atom is 0.318 e. The fraction of sp³-hybridized carbons (Fsp3) is 0.636. The molecule has 2 heterocycles. The number of carbonyl (C=O) groups excluding carboxylic acids is 4. The molecule has 0 spiro atoms. The van der Waals surface area contributed by atoms with Crippen molar-refractivity contribution in [3.63, 3.8) is 0 Å². The summed E-state index contributed by atoms with van der Waals surface area (Å²) in [6, 6.07) is 0. The molecule has 2 aliphatic heterocycles. The Morgan fingerprint density at radius 1 is 0.774 bits per heavy atom. The Kier molecular flexibility index (Phi) is 6.09. The monoisotopic (exact) mass is 432 g/mol. The van der Waals surface area contributed by atoms with Gasteiger partial charge in [-0.25, -0.2) is 0 Å². The topological polar surface area (TPSA) is 147 Å². The first-order valence-corrected chi connectivity index (χ1v) is 10.8. The first kappa shape index (κ1) is 21.9. The van der Waals surface area contributed by atoms with Crippen molar-refractivity contribution < 1.29 is 34.1 Å². The number of rotatable bonds is 3. The van der Waals surface area contributed by atoms with Crippen LogP contribution in [0.5, 0.6) is 0 Å². The number of carbonyl (C=O) groups is 4. The molecule has 2 saturated heterocycles. The number of esters is 2. The van der Waals surface area contributed by atoms with Crippen molar-refractivity contribution in [2.45, 2.75) is 12.8 Å². The van der Waals surface area contributed by atoms with E-state index < -0.39 is 0 Å². The Balaban J connectivity index is 0.000000130. The van der Waals surface area contributed by atoms with Gasteiger partial charge in [-0.2, -0.15) is 0 Å². The highest BCUT2D eigenvalue weighted by molar-refractivity contribution is 6.06. The molecule has 9 nitrogen and oxygen atoms in total. The Bertz CT molecular complexity index is 778. The lowest BCUT2D eigenvalue weighted by Gasteiger charge is -2.15. The Hall–Kier alpha value is -2.36. The van der Waals surface area contributed by atoms with Crippen LogP contribution in [0.4, 0.5) is 0 Å². The number of hydrogen-bond donors (Lipinski definition) is 3. The zero-order valence-electron chi connectivity index (χ0n) is 17.1. The van der Waals surface area contributed by atoms with Crippen molar-refractivity contribution >= 4 is 23.8 Å². The van der Waals surface area contributed by atoms with E-state index in [2.05, 4.69) is 16.9 Å². The second-order valence-electron chi connectivity index (χ2n) is 8.80. The van der Waals surface area contributed by atoms with Crippen LogP contribution >= 0.6 is 0 Å². The summed E-state index contributed by atoms with van der Waals surface area (Å²) in [6.45, 7) is 0.490. The van der Waals surface area contributed by atoms with Gasteiger partial charge in [0.05, 0.1) is 43.4 Å². The molecule has 8 atom stereocenters. The predicted molar refractivity (Wildman–Crippen MR) is 106 cm³/mol. The smallest absolute Gasteiger partial charge is 0.318 e. The molecule has 2 saturated carbocycles. The van der Waals surface area contributed by atoms with Crippen LogP contribution in [0.2, 0.25) is 0 Å². The molecule has 4 aliphatic carbocycles. The van der Waals surface area contributed by atoms with Gasteiger partial charge in [-0.05, 0) is 36.5 Å². The van der Waals surface area contributed by atoms with E-state index in [9.17, 15) is 19.2 Å². The number of allylic oxidation sites excluding steroid dienone is 4. The summed E-state index contributed by atoms with van der Waals surface area (Å²) >= 11 is 0. The number of aliphatic hydroxyl groups excluding tert-OH is 2. The van der Waals surface area contributed by atoms with Gasteiger partial charge in [-0.15, -0.1) is 0 Å². The average Bonchev–Trinajstić information content (AvgIpc) is 3.59. The quantitative estimate of drug-likeness (QED) is 0.228. The average molecular weight is 432 g/mol. The fourth-order valence-corrected chi connectivity index (χ4v) is 5.98. The van der Waals surface area contributed by atoms with Crippen LogP contribution in [-0.4, -0.2) is 65.2 Å². The third-order valence-corrected chi connectivity index (χ3v) is 7.22. The van der Waals surface area contributed by atoms with Crippen LogP contribution in [0.1, 0.15) is 12.8 Å². The summed E-state index contributed by atoms with van der Waals surface area (Å²) in [5.41, 5.74) is 4.78. The minimum Gasteiger partial charge on any atom is -0.395 e. The van der Waals surface area contributed by atoms with E-state index in [1.54, 1.807) is 0 Å². The molecule has 4 N–H and O–H groups in total. The molecule has 0 aromatic heterocycles. The summed E-state index contributed by atoms with van der Waals surface area (Å²) in [5, 5.41) is 16.6. The molecule has 6 rings (SSSR count). The second kappa shape index (κ2) is 8.64. The molecule has 0 radical (unpaired) electrons. The van der Waals surface area contributed by atoms with Gasteiger partial charge in [0.1, 0.15) is 0 Å². The minimum atomic E-state index is -0.304. The summed E-state index contributed by atoms with van der Waals surface area (Å²) in [7, 11) is 0. The van der Waals surface area contributed by atoms with Gasteiger partial charge in [0.25, 0.3) is 0 Å². The Labute approximate surface area is 179 Å². The molecule has 168 valence electrons. The second-order valence-corrected chi connectivity index (χ2v) is 8.80. The number of hydrogen-bond acceptors (Lipinski definition) is 8. The van der Waals surface area contributed by atoms with Crippen molar-refractivity contribution in [3.05, 3.63) is 24.3 Å². The Morgan fingerprint density at radius 2 is 1.16 bits per heavy atom. The molecular weight excluding hydrogens is 404 g/mol. The van der Waals surface area contributed by atoms with Gasteiger partial charge in [0, 0.05) is 6.54 Å². The van der Waals surface area contributed by atoms with Crippen LogP contribution in [0.25, 0.3) is 0 Å². The van der Waals surface area contributed by atoms with Crippen molar-refractivity contribution in [1.82, 2.24) is 4.90 Å². The summed E-state index contributed by atoms with van der Waals surface area (Å²) < 4.78 is 4.59. The SMILES string of the molecule is NCCO.O=C1C2C(C(=O)N1CCO)[C@H]1C=C[C@@H]2C1.O=C1OC(=O)C2C1[C@@H]1C=C[C@H]2C1. The molecule has 0 aromatic carbocycles. The van der Waals surface area contributed by atoms with Gasteiger partial charge in [-0.1, -0.05) is 24.3 Å². The fourth-order valence-electron chi connectivity index (χ4n) is 5.98. The van der Waals surface area contributed by atoms with E-state index in [1.165, 1.54) is 4.90 Å². The number of ether oxygens (including phenoxy) is 1. The van der Waals surface area contributed by atoms with Gasteiger partial charge in [-0.3, -0.25) is 24.1 Å². The highest BCUT2D eigenvalue weighted by Crippen LogP contribution is 2.53. The van der Waals surface area contributed by atoms with Gasteiger partial charge in [0.2, 0.25) is 11.8 Å². The number of amides is 2. The van der Waals surface area contributed by atoms with E-state index >= 15 is 0 Å². The van der Waals surface area contributed by atoms with Crippen molar-refractivity contribution in [2.75, 3.05) is 26.3 Å². The number of fused-ring (bicyclic) bond motifs is 10. The molecule has 2 amide bonds. The number of imide groups is 1. The standard InChI is InChI=1S/C11H13NO3.C9H8O3.C2H7NO/c13-4-3-12-10(14)8-6-1-2-7(5-6)9(8)11(12)15;10-8-6-4-1-2-5(3-4)7(6)9(11)12-8;3-1-2-4/h1-2,6-9,13H,3-5H2;1-2,4-7H,3H2;4H,1-3H2/t6-,7+,8?,9?;4-,5+,6?,7?;. The predicted octanol–water partition coefficient (Wildman–Crippen LogP) is -0.769. The molecule has 4 unspecified atom stereocenters. The number of nitrogens with two attached hydrogens (primary N) is 1. The molecule has 0 aromatic rings. The number of aliphatic hydroxyl groups is 2. The zero-order chi connectivity index (χ0) is 22.3. The lowest BCUT2D eigenvalue weighted by molar-refractivity contribution is -0.154. The van der Waals surface area contributed by atoms with E-state index in [0.717, 1.165) is 12.8 Å². The maximum absolute atomic E-state index is 11.9. The van der Waals surface area contributed by atoms with E-state index in [1.807, 2.05) is 12.2 Å². The van der Waals surface area contributed by atoms with Crippen molar-refractivity contribution in [2.24, 2.45) is 53.1 Å². The molecule has 6 aliphatic rings. The summed E-state index contributed by atoms with van der Waals surface area (Å²) in [5.74, 6) is -0.216. The third-order valence-electron chi connectivity index (χ3n) is 7.22. The largest absolute Gasteiger partial charge is 0.395 e. The molecule has 9 heteroatoms. The highest BCUT2D eigenvalue weighted by Gasteiger charge is 2.59. The van der Waals surface area contributed by atoms with Crippen molar-refractivity contribution in [3.8, 4) is 0 Å². The number of likely N-dealkylation sites (tertiary alicyclic amines) is 1. The lowest BCUT2D eigenvalue weighted by Crippen LogP contribution is -2.35. The van der Waals surface area contributed by atoms with Crippen molar-refractivity contribution in [1.29, 1.82) is 0 Å². The molecule has 31 heavy (non-hydrogen) atoms. The van der Waals surface area contributed by atoms with E-state index in [4.69, 9.17) is 15.9 Å². The maximum atomic E-state index is 11.9. The van der Waals surface area contributed by atoms with Gasteiger partial charge >= 0.3 is 11.9 Å². The van der Waals surface area contributed by atoms with Gasteiger partial charge < -0.3 is 20.7 Å². The highest BCUT2D eigenvalue weighted by atomic mass is 16.6. The van der Waals surface area contributed by atoms with Crippen LogP contribution in [-0.2, 0) is 23.9 Å². The number of β-amino-alcohol motifs (C(OH)–C–C–N with tert-alkyl or cyclic N) is 1. The lowest BCUT2D eigenvalue weighted by atomic mass is 9.85. The summed E-state index contributed by atoms with van der Waals surface area (Å²) in [4.78, 5) is 47.5. The van der Waals surface area contributed by atoms with Crippen LogP contribution in [0.3, 0.4) is 0 Å². The number of cyclic esters (lactones) is 2. The molecular formula is C22H28N2O7. The first-order valence-electron chi connectivity index (χ1n) is 10.8.